The van der Waals surface area contributed by atoms with Crippen LogP contribution in [0.25, 0.3) is 0 Å². The first-order valence-corrected chi connectivity index (χ1v) is 8.92. The maximum absolute atomic E-state index is 11.9. The lowest BCUT2D eigenvalue weighted by Gasteiger charge is -2.18. The largest absolute Gasteiger partial charge is 0.480 e. The molecule has 2 atom stereocenters. The summed E-state index contributed by atoms with van der Waals surface area (Å²) in [4.78, 5) is 25.4. The van der Waals surface area contributed by atoms with Crippen LogP contribution in [0.1, 0.15) is 34.7 Å². The highest BCUT2D eigenvalue weighted by Crippen LogP contribution is 2.25. The summed E-state index contributed by atoms with van der Waals surface area (Å²) in [6, 6.07) is 0.604. The smallest absolute Gasteiger partial charge is 0.326 e. The topological polar surface area (TPSA) is 78.4 Å². The number of carboxylic acids is 1. The number of hydrogen-bond acceptors (Lipinski definition) is 4. The van der Waals surface area contributed by atoms with Gasteiger partial charge in [0.1, 0.15) is 6.04 Å². The van der Waals surface area contributed by atoms with E-state index in [1.807, 2.05) is 33.1 Å². The molecule has 1 aromatic rings. The van der Waals surface area contributed by atoms with Crippen molar-refractivity contribution in [2.75, 3.05) is 12.0 Å². The van der Waals surface area contributed by atoms with E-state index >= 15 is 0 Å². The van der Waals surface area contributed by atoms with E-state index < -0.39 is 18.0 Å². The van der Waals surface area contributed by atoms with Gasteiger partial charge in [-0.25, -0.2) is 9.59 Å². The van der Waals surface area contributed by atoms with E-state index in [9.17, 15) is 9.59 Å². The zero-order valence-electron chi connectivity index (χ0n) is 12.7. The molecule has 21 heavy (non-hydrogen) atoms. The number of carbonyl (C=O) groups excluding carboxylic acids is 1. The maximum Gasteiger partial charge on any atom is 0.326 e. The zero-order valence-corrected chi connectivity index (χ0v) is 14.4. The number of amides is 2. The molecule has 5 nitrogen and oxygen atoms in total. The number of aryl methyl sites for hydroxylation is 2. The Bertz CT molecular complexity index is 502. The molecule has 3 N–H and O–H groups in total. The van der Waals surface area contributed by atoms with E-state index in [2.05, 4.69) is 10.6 Å². The maximum atomic E-state index is 11.9. The number of aliphatic carboxylic acids is 1. The van der Waals surface area contributed by atoms with E-state index in [0.717, 1.165) is 10.4 Å². The molecule has 2 amide bonds. The monoisotopic (exact) mass is 330 g/mol. The predicted molar refractivity (Wildman–Crippen MR) is 88.3 cm³/mol. The molecule has 1 heterocycles. The summed E-state index contributed by atoms with van der Waals surface area (Å²) in [5, 5.41) is 14.4. The molecule has 1 rings (SSSR count). The molecule has 0 fully saturated rings. The van der Waals surface area contributed by atoms with Gasteiger partial charge < -0.3 is 15.7 Å². The summed E-state index contributed by atoms with van der Waals surface area (Å²) in [5.74, 6) is -0.315. The fourth-order valence-electron chi connectivity index (χ4n) is 2.05. The van der Waals surface area contributed by atoms with E-state index in [1.165, 1.54) is 4.88 Å². The van der Waals surface area contributed by atoms with E-state index in [-0.39, 0.29) is 6.04 Å². The summed E-state index contributed by atoms with van der Waals surface area (Å²) in [6.07, 6.45) is 2.32. The molecule has 0 aromatic carbocycles. The van der Waals surface area contributed by atoms with Gasteiger partial charge in [0.15, 0.2) is 0 Å². The number of carbonyl (C=O) groups is 2. The second kappa shape index (κ2) is 8.29. The number of hydrogen-bond donors (Lipinski definition) is 3. The average Bonchev–Trinajstić information content (AvgIpc) is 2.73. The Kier molecular flexibility index (Phi) is 7.04. The van der Waals surface area contributed by atoms with E-state index in [0.29, 0.717) is 12.2 Å². The van der Waals surface area contributed by atoms with Gasteiger partial charge in [-0.1, -0.05) is 0 Å². The molecular formula is C14H22N2O3S2. The molecule has 0 aliphatic heterocycles. The number of urea groups is 1. The Morgan fingerprint density at radius 3 is 2.52 bits per heavy atom. The molecule has 0 aliphatic rings. The van der Waals surface area contributed by atoms with Gasteiger partial charge in [0.25, 0.3) is 0 Å². The van der Waals surface area contributed by atoms with Crippen LogP contribution in [0.3, 0.4) is 0 Å². The number of thioether (sulfide) groups is 1. The minimum atomic E-state index is -1.01. The molecule has 0 bridgehead atoms. The summed E-state index contributed by atoms with van der Waals surface area (Å²) in [7, 11) is 0. The van der Waals surface area contributed by atoms with Crippen molar-refractivity contribution in [3.05, 3.63) is 21.4 Å². The van der Waals surface area contributed by atoms with Gasteiger partial charge in [-0.05, 0) is 50.8 Å². The molecule has 1 aromatic heterocycles. The number of rotatable bonds is 7. The van der Waals surface area contributed by atoms with Gasteiger partial charge in [0, 0.05) is 9.75 Å². The highest BCUT2D eigenvalue weighted by Gasteiger charge is 2.21. The van der Waals surface area contributed by atoms with Crippen molar-refractivity contribution in [3.63, 3.8) is 0 Å². The second-order valence-corrected chi connectivity index (χ2v) is 7.33. The molecule has 2 unspecified atom stereocenters. The fraction of sp³-hybridized carbons (Fsp3) is 0.571. The Balaban J connectivity index is 2.59. The quantitative estimate of drug-likeness (QED) is 0.718. The van der Waals surface area contributed by atoms with Crippen molar-refractivity contribution in [2.45, 2.75) is 39.3 Å². The van der Waals surface area contributed by atoms with Crippen LogP contribution in [0.4, 0.5) is 4.79 Å². The van der Waals surface area contributed by atoms with Crippen LogP contribution in [0.15, 0.2) is 6.07 Å². The molecule has 0 radical (unpaired) electrons. The SMILES string of the molecule is CSCCC(NC(=O)NC(C)c1cc(C)sc1C)C(=O)O. The van der Waals surface area contributed by atoms with Gasteiger partial charge >= 0.3 is 12.0 Å². The fourth-order valence-corrected chi connectivity index (χ4v) is 3.54. The third kappa shape index (κ3) is 5.59. The van der Waals surface area contributed by atoms with Crippen molar-refractivity contribution >= 4 is 35.1 Å². The molecular weight excluding hydrogens is 308 g/mol. The zero-order chi connectivity index (χ0) is 16.0. The van der Waals surface area contributed by atoms with E-state index in [4.69, 9.17) is 5.11 Å². The molecule has 0 saturated carbocycles. The van der Waals surface area contributed by atoms with Gasteiger partial charge in [-0.15, -0.1) is 11.3 Å². The molecule has 118 valence electrons. The van der Waals surface area contributed by atoms with Crippen LogP contribution in [0.5, 0.6) is 0 Å². The number of carboxylic acid groups (broad SMARTS) is 1. The average molecular weight is 330 g/mol. The predicted octanol–water partition coefficient (Wildman–Crippen LogP) is 2.93. The van der Waals surface area contributed by atoms with Crippen LogP contribution in [-0.4, -0.2) is 35.2 Å². The standard InChI is InChI=1S/C14H22N2O3S2/c1-8-7-11(10(3)21-8)9(2)15-14(19)16-12(13(17)18)5-6-20-4/h7,9,12H,5-6H2,1-4H3,(H,17,18)(H2,15,16,19). The van der Waals surface area contributed by atoms with Crippen molar-refractivity contribution in [2.24, 2.45) is 0 Å². The summed E-state index contributed by atoms with van der Waals surface area (Å²) >= 11 is 3.24. The first kappa shape index (κ1) is 17.8. The molecule has 0 aliphatic carbocycles. The minimum Gasteiger partial charge on any atom is -0.480 e. The second-order valence-electron chi connectivity index (χ2n) is 4.88. The van der Waals surface area contributed by atoms with Crippen molar-refractivity contribution in [3.8, 4) is 0 Å². The lowest BCUT2D eigenvalue weighted by Crippen LogP contribution is -2.46. The first-order valence-electron chi connectivity index (χ1n) is 6.70. The van der Waals surface area contributed by atoms with Crippen LogP contribution >= 0.6 is 23.1 Å². The highest BCUT2D eigenvalue weighted by molar-refractivity contribution is 7.98. The first-order chi connectivity index (χ1) is 9.85. The van der Waals surface area contributed by atoms with Crippen LogP contribution in [-0.2, 0) is 4.79 Å². The molecule has 0 saturated heterocycles. The Morgan fingerprint density at radius 2 is 2.05 bits per heavy atom. The lowest BCUT2D eigenvalue weighted by atomic mass is 10.1. The van der Waals surface area contributed by atoms with Crippen LogP contribution in [0, 0.1) is 13.8 Å². The molecule has 7 heteroatoms. The summed E-state index contributed by atoms with van der Waals surface area (Å²) in [6.45, 7) is 5.93. The number of nitrogens with one attached hydrogen (secondary N) is 2. The van der Waals surface area contributed by atoms with Crippen molar-refractivity contribution < 1.29 is 14.7 Å². The van der Waals surface area contributed by atoms with Crippen molar-refractivity contribution in [1.29, 1.82) is 0 Å². The Hall–Kier alpha value is -1.21. The van der Waals surface area contributed by atoms with Gasteiger partial charge in [0.05, 0.1) is 6.04 Å². The van der Waals surface area contributed by atoms with Gasteiger partial charge in [-0.2, -0.15) is 11.8 Å². The van der Waals surface area contributed by atoms with Crippen LogP contribution in [0.2, 0.25) is 0 Å². The summed E-state index contributed by atoms with van der Waals surface area (Å²) < 4.78 is 0. The lowest BCUT2D eigenvalue weighted by molar-refractivity contribution is -0.139. The van der Waals surface area contributed by atoms with Gasteiger partial charge in [-0.3, -0.25) is 0 Å². The minimum absolute atomic E-state index is 0.148. The highest BCUT2D eigenvalue weighted by atomic mass is 32.2. The van der Waals surface area contributed by atoms with Gasteiger partial charge in [0.2, 0.25) is 0 Å². The Labute approximate surface area is 133 Å². The van der Waals surface area contributed by atoms with Crippen LogP contribution < -0.4 is 10.6 Å². The third-order valence-corrected chi connectivity index (χ3v) is 4.73. The molecule has 0 spiro atoms. The van der Waals surface area contributed by atoms with E-state index in [1.54, 1.807) is 23.1 Å². The third-order valence-electron chi connectivity index (χ3n) is 3.11. The Morgan fingerprint density at radius 1 is 1.38 bits per heavy atom. The normalized spacial score (nSPS) is 13.5. The number of thiophene rings is 1. The summed E-state index contributed by atoms with van der Waals surface area (Å²) in [5.41, 5.74) is 1.07. The van der Waals surface area contributed by atoms with Crippen molar-refractivity contribution in [1.82, 2.24) is 10.6 Å².